The summed E-state index contributed by atoms with van der Waals surface area (Å²) >= 11 is 0. The number of rotatable bonds is 1. The zero-order valence-electron chi connectivity index (χ0n) is 5.27. The molecular formula is C4H12Ar2O2. The summed E-state index contributed by atoms with van der Waals surface area (Å²) in [5.41, 5.74) is 0. The molecule has 0 atom stereocenters. The number of ether oxygens (including phenoxy) is 1. The Bertz CT molecular complexity index is 14.0. The van der Waals surface area contributed by atoms with Crippen molar-refractivity contribution in [3.05, 3.63) is 0 Å². The largest absolute Gasteiger partial charge is 0.400 e. The smallest absolute Gasteiger partial charge is 0.0433 e. The number of hydrogen-bond donors (Lipinski definition) is 1. The normalized spacial score (nSPS) is 4.50. The Balaban J connectivity index is -0.0000000183. The summed E-state index contributed by atoms with van der Waals surface area (Å²) in [5, 5.41) is 7.00. The summed E-state index contributed by atoms with van der Waals surface area (Å²) in [7, 11) is 2.68. The first-order valence-corrected chi connectivity index (χ1v) is 1.85. The molecule has 0 aromatic rings. The van der Waals surface area contributed by atoms with Crippen LogP contribution in [-0.4, -0.2) is 25.9 Å². The second kappa shape index (κ2) is 34.1. The third-order valence-electron chi connectivity index (χ3n) is 0.289. The van der Waals surface area contributed by atoms with E-state index in [4.69, 9.17) is 5.11 Å². The minimum atomic E-state index is 0. The summed E-state index contributed by atoms with van der Waals surface area (Å²) in [6.45, 7) is 2.78. The average molecular weight is 172 g/mol. The summed E-state index contributed by atoms with van der Waals surface area (Å²) < 4.78 is 4.54. The van der Waals surface area contributed by atoms with Crippen LogP contribution in [0.4, 0.5) is 0 Å². The molecule has 4 heteroatoms. The van der Waals surface area contributed by atoms with Crippen LogP contribution >= 0.6 is 0 Å². The first-order valence-electron chi connectivity index (χ1n) is 1.85. The van der Waals surface area contributed by atoms with Gasteiger partial charge in [-0.2, -0.15) is 0 Å². The summed E-state index contributed by atoms with van der Waals surface area (Å²) in [6, 6.07) is 0. The van der Waals surface area contributed by atoms with Crippen molar-refractivity contribution in [2.45, 2.75) is 6.92 Å². The predicted octanol–water partition coefficient (Wildman–Crippen LogP) is 0.261. The fourth-order valence-electron chi connectivity index (χ4n) is 0. The van der Waals surface area contributed by atoms with Gasteiger partial charge in [0.25, 0.3) is 0 Å². The quantitative estimate of drug-likeness (QED) is 0.614. The van der Waals surface area contributed by atoms with Crippen molar-refractivity contribution in [3.63, 3.8) is 0 Å². The van der Waals surface area contributed by atoms with E-state index < -0.39 is 0 Å². The third kappa shape index (κ3) is 39.5. The topological polar surface area (TPSA) is 29.5 Å². The number of methoxy groups -OCH3 is 1. The molecule has 0 fully saturated rings. The van der Waals surface area contributed by atoms with Crippen molar-refractivity contribution in [3.8, 4) is 0 Å². The van der Waals surface area contributed by atoms with E-state index in [9.17, 15) is 0 Å². The molecule has 0 aromatic carbocycles. The van der Waals surface area contributed by atoms with E-state index >= 15 is 0 Å². The summed E-state index contributed by atoms with van der Waals surface area (Å²) in [5.74, 6) is 0. The van der Waals surface area contributed by atoms with Crippen molar-refractivity contribution in [1.29, 1.82) is 0 Å². The Morgan fingerprint density at radius 1 is 1.25 bits per heavy atom. The Morgan fingerprint density at radius 2 is 1.38 bits per heavy atom. The van der Waals surface area contributed by atoms with Crippen LogP contribution in [0.5, 0.6) is 0 Å². The summed E-state index contributed by atoms with van der Waals surface area (Å²) in [4.78, 5) is 0. The molecule has 0 aliphatic carbocycles. The molecule has 0 amide bonds. The predicted molar refractivity (Wildman–Crippen MR) is 25.7 cm³/mol. The molecule has 0 spiro atoms. The molecule has 2 nitrogen and oxygen atoms in total. The van der Waals surface area contributed by atoms with Crippen LogP contribution in [0.2, 0.25) is 0 Å². The molecular weight excluding hydrogens is 160 g/mol. The van der Waals surface area contributed by atoms with Crippen LogP contribution in [0.1, 0.15) is 6.92 Å². The maximum atomic E-state index is 7.00. The molecule has 0 aliphatic heterocycles. The fourth-order valence-corrected chi connectivity index (χ4v) is 0. The molecule has 56 valence electrons. The Labute approximate surface area is 111 Å². The van der Waals surface area contributed by atoms with Gasteiger partial charge in [0.05, 0.1) is 0 Å². The molecule has 0 rings (SSSR count). The van der Waals surface area contributed by atoms with Gasteiger partial charge in [0, 0.05) is 96.3 Å². The van der Waals surface area contributed by atoms with E-state index in [2.05, 4.69) is 4.74 Å². The molecule has 0 saturated heterocycles. The van der Waals surface area contributed by atoms with Gasteiger partial charge in [-0.25, -0.2) is 0 Å². The van der Waals surface area contributed by atoms with Crippen LogP contribution in [0, 0.1) is 75.5 Å². The molecule has 0 aromatic heterocycles. The number of hydrogen-bond acceptors (Lipinski definition) is 2. The number of aliphatic hydroxyl groups is 1. The van der Waals surface area contributed by atoms with Gasteiger partial charge in [-0.3, -0.25) is 0 Å². The van der Waals surface area contributed by atoms with Crippen molar-refractivity contribution in [1.82, 2.24) is 0 Å². The van der Waals surface area contributed by atoms with E-state index in [1.54, 1.807) is 7.11 Å². The van der Waals surface area contributed by atoms with Crippen LogP contribution in [0.3, 0.4) is 0 Å². The molecule has 8 heavy (non-hydrogen) atoms. The van der Waals surface area contributed by atoms with Gasteiger partial charge in [0.15, 0.2) is 0 Å². The average Bonchev–Trinajstić information content (AvgIpc) is 1.72. The van der Waals surface area contributed by atoms with E-state index in [0.717, 1.165) is 13.7 Å². The third-order valence-corrected chi connectivity index (χ3v) is 0.289. The van der Waals surface area contributed by atoms with E-state index in [1.165, 1.54) is 0 Å². The molecule has 1 N–H and O–H groups in total. The second-order valence-electron chi connectivity index (χ2n) is 0.577. The monoisotopic (exact) mass is 172 g/mol. The standard InChI is InChI=1S/C3H8O.CH4O.2Ar/c1-3-4-2;1-2;;/h3H2,1-2H3;2H,1H3;;. The first-order chi connectivity index (χ1) is 2.91. The Morgan fingerprint density at radius 3 is 1.38 bits per heavy atom. The van der Waals surface area contributed by atoms with Crippen molar-refractivity contribution in [2.75, 3.05) is 20.8 Å². The fraction of sp³-hybridized carbons (Fsp3) is 1.00. The van der Waals surface area contributed by atoms with Crippen LogP contribution < -0.4 is 0 Å². The van der Waals surface area contributed by atoms with Gasteiger partial charge < -0.3 is 9.84 Å². The molecule has 0 aliphatic rings. The van der Waals surface area contributed by atoms with Crippen LogP contribution in [0.25, 0.3) is 0 Å². The van der Waals surface area contributed by atoms with Gasteiger partial charge in [0.2, 0.25) is 0 Å². The van der Waals surface area contributed by atoms with Crippen molar-refractivity contribution < 1.29 is 85.3 Å². The van der Waals surface area contributed by atoms with Crippen molar-refractivity contribution in [2.24, 2.45) is 0 Å². The van der Waals surface area contributed by atoms with Gasteiger partial charge in [-0.05, 0) is 6.92 Å². The van der Waals surface area contributed by atoms with E-state index in [0.29, 0.717) is 0 Å². The Hall–Kier alpha value is 2.44. The van der Waals surface area contributed by atoms with Gasteiger partial charge in [-0.15, -0.1) is 0 Å². The van der Waals surface area contributed by atoms with Crippen molar-refractivity contribution >= 4 is 0 Å². The van der Waals surface area contributed by atoms with E-state index in [-0.39, 0.29) is 75.5 Å². The second-order valence-corrected chi connectivity index (χ2v) is 0.577. The van der Waals surface area contributed by atoms with Crippen LogP contribution in [0.15, 0.2) is 0 Å². The van der Waals surface area contributed by atoms with Gasteiger partial charge in [-0.1, -0.05) is 0 Å². The van der Waals surface area contributed by atoms with E-state index in [1.807, 2.05) is 6.92 Å². The minimum absolute atomic E-state index is 0. The molecule has 0 saturated carbocycles. The summed E-state index contributed by atoms with van der Waals surface area (Å²) in [6.07, 6.45) is 0. The number of aliphatic hydroxyl groups excluding tert-OH is 1. The molecule has 0 bridgehead atoms. The molecule has 0 radical (unpaired) electrons. The first kappa shape index (κ1) is 22.4. The Kier molecular flexibility index (Phi) is 95.7. The molecule has 0 unspecified atom stereocenters. The zero-order chi connectivity index (χ0) is 5.41. The van der Waals surface area contributed by atoms with Gasteiger partial charge in [0.1, 0.15) is 0 Å². The molecule has 0 heterocycles. The minimum Gasteiger partial charge on any atom is -0.400 e. The maximum absolute atomic E-state index is 7.00. The zero-order valence-corrected chi connectivity index (χ0v) is 6.68. The van der Waals surface area contributed by atoms with Gasteiger partial charge >= 0.3 is 0 Å². The SMILES string of the molecule is CCOC.CO.[Ar].[Ar]. The van der Waals surface area contributed by atoms with Crippen LogP contribution in [-0.2, 0) is 4.74 Å². The maximum Gasteiger partial charge on any atom is 0.0433 e.